The highest BCUT2D eigenvalue weighted by atomic mass is 35.5. The Morgan fingerprint density at radius 3 is 2.62 bits per heavy atom. The first kappa shape index (κ1) is 10.9. The van der Waals surface area contributed by atoms with Crippen LogP contribution in [0.1, 0.15) is 10.6 Å². The molecule has 0 spiro atoms. The van der Waals surface area contributed by atoms with Gasteiger partial charge in [-0.15, -0.1) is 0 Å². The van der Waals surface area contributed by atoms with Gasteiger partial charge < -0.3 is 9.63 Å². The van der Waals surface area contributed by atoms with Crippen molar-refractivity contribution in [3.05, 3.63) is 34.1 Å². The van der Waals surface area contributed by atoms with Gasteiger partial charge in [-0.2, -0.15) is 4.98 Å². The Morgan fingerprint density at radius 1 is 1.31 bits per heavy atom. The van der Waals surface area contributed by atoms with Crippen LogP contribution in [0.2, 0.25) is 10.0 Å². The van der Waals surface area contributed by atoms with Crippen molar-refractivity contribution < 1.29 is 14.4 Å². The van der Waals surface area contributed by atoms with Gasteiger partial charge in [0.05, 0.1) is 10.0 Å². The fraction of sp³-hybridized carbons (Fsp3) is 0. The largest absolute Gasteiger partial charge is 0.475 e. The second-order valence-electron chi connectivity index (χ2n) is 2.86. The van der Waals surface area contributed by atoms with E-state index in [-0.39, 0.29) is 5.89 Å². The Morgan fingerprint density at radius 2 is 2.06 bits per heavy atom. The van der Waals surface area contributed by atoms with Crippen LogP contribution < -0.4 is 0 Å². The highest BCUT2D eigenvalue weighted by molar-refractivity contribution is 6.42. The molecule has 0 radical (unpaired) electrons. The average Bonchev–Trinajstić information content (AvgIpc) is 2.71. The second kappa shape index (κ2) is 4.11. The summed E-state index contributed by atoms with van der Waals surface area (Å²) in [5, 5.41) is 12.6. The number of aromatic carboxylic acids is 1. The number of rotatable bonds is 2. The monoisotopic (exact) mass is 258 g/mol. The van der Waals surface area contributed by atoms with Crippen LogP contribution in [0, 0.1) is 0 Å². The Balaban J connectivity index is 2.42. The summed E-state index contributed by atoms with van der Waals surface area (Å²) in [5.74, 6) is -1.58. The van der Waals surface area contributed by atoms with Crippen molar-refractivity contribution in [3.63, 3.8) is 0 Å². The summed E-state index contributed by atoms with van der Waals surface area (Å²) in [4.78, 5) is 14.2. The molecule has 1 aromatic carbocycles. The maximum atomic E-state index is 10.5. The van der Waals surface area contributed by atoms with E-state index in [4.69, 9.17) is 32.8 Å². The van der Waals surface area contributed by atoms with Gasteiger partial charge in [0.2, 0.25) is 0 Å². The second-order valence-corrected chi connectivity index (χ2v) is 3.67. The molecule has 0 saturated heterocycles. The first-order valence-corrected chi connectivity index (χ1v) is 4.86. The van der Waals surface area contributed by atoms with Gasteiger partial charge in [0, 0.05) is 5.56 Å². The summed E-state index contributed by atoms with van der Waals surface area (Å²) >= 11 is 11.5. The maximum absolute atomic E-state index is 10.5. The highest BCUT2D eigenvalue weighted by Gasteiger charge is 2.14. The van der Waals surface area contributed by atoms with E-state index in [1.807, 2.05) is 0 Å². The lowest BCUT2D eigenvalue weighted by Crippen LogP contribution is -1.98. The van der Waals surface area contributed by atoms with Crippen molar-refractivity contribution in [2.45, 2.75) is 0 Å². The number of halogens is 2. The number of benzene rings is 1. The molecule has 0 atom stereocenters. The van der Waals surface area contributed by atoms with Crippen molar-refractivity contribution in [2.24, 2.45) is 0 Å². The molecule has 5 nitrogen and oxygen atoms in total. The summed E-state index contributed by atoms with van der Waals surface area (Å²) in [5.41, 5.74) is 0.509. The predicted molar refractivity (Wildman–Crippen MR) is 56.7 cm³/mol. The van der Waals surface area contributed by atoms with Gasteiger partial charge in [-0.25, -0.2) is 4.79 Å². The predicted octanol–water partition coefficient (Wildman–Crippen LogP) is 2.74. The van der Waals surface area contributed by atoms with Gasteiger partial charge in [-0.1, -0.05) is 23.2 Å². The third-order valence-electron chi connectivity index (χ3n) is 1.78. The molecule has 82 valence electrons. The van der Waals surface area contributed by atoms with Crippen molar-refractivity contribution >= 4 is 29.2 Å². The van der Waals surface area contributed by atoms with E-state index in [1.165, 1.54) is 6.07 Å². The van der Waals surface area contributed by atoms with Crippen LogP contribution in [0.3, 0.4) is 0 Å². The van der Waals surface area contributed by atoms with Gasteiger partial charge in [0.25, 0.3) is 11.7 Å². The fourth-order valence-electron chi connectivity index (χ4n) is 1.06. The quantitative estimate of drug-likeness (QED) is 0.897. The molecular weight excluding hydrogens is 255 g/mol. The molecule has 2 aromatic rings. The Hall–Kier alpha value is -1.59. The number of hydrogen-bond acceptors (Lipinski definition) is 4. The lowest BCUT2D eigenvalue weighted by atomic mass is 10.2. The number of carbonyl (C=O) groups is 1. The number of aromatic nitrogens is 2. The molecule has 0 aliphatic rings. The smallest absolute Gasteiger partial charge is 0.377 e. The molecule has 16 heavy (non-hydrogen) atoms. The van der Waals surface area contributed by atoms with E-state index in [0.29, 0.717) is 15.6 Å². The molecule has 0 aliphatic heterocycles. The van der Waals surface area contributed by atoms with Gasteiger partial charge >= 0.3 is 5.97 Å². The average molecular weight is 259 g/mol. The first-order valence-electron chi connectivity index (χ1n) is 4.10. The molecule has 0 amide bonds. The zero-order valence-electron chi connectivity index (χ0n) is 7.65. The summed E-state index contributed by atoms with van der Waals surface area (Å²) < 4.78 is 4.76. The maximum Gasteiger partial charge on any atom is 0.377 e. The summed E-state index contributed by atoms with van der Waals surface area (Å²) in [7, 11) is 0. The minimum Gasteiger partial charge on any atom is -0.475 e. The Labute approximate surface area is 99.6 Å². The summed E-state index contributed by atoms with van der Waals surface area (Å²) in [6, 6.07) is 4.68. The van der Waals surface area contributed by atoms with Gasteiger partial charge in [0.15, 0.2) is 0 Å². The SMILES string of the molecule is O=C(O)c1noc(-c2ccc(Cl)c(Cl)c2)n1. The van der Waals surface area contributed by atoms with Crippen LogP contribution in [-0.4, -0.2) is 21.2 Å². The standard InChI is InChI=1S/C9H4Cl2N2O3/c10-5-2-1-4(3-6(5)11)8-12-7(9(14)15)13-16-8/h1-3H,(H,14,15). The van der Waals surface area contributed by atoms with E-state index in [0.717, 1.165) is 0 Å². The van der Waals surface area contributed by atoms with Crippen molar-refractivity contribution in [1.29, 1.82) is 0 Å². The van der Waals surface area contributed by atoms with Crippen LogP contribution in [0.5, 0.6) is 0 Å². The zero-order valence-corrected chi connectivity index (χ0v) is 9.16. The molecule has 1 heterocycles. The van der Waals surface area contributed by atoms with Gasteiger partial charge in [0.1, 0.15) is 0 Å². The normalized spacial score (nSPS) is 10.4. The Kier molecular flexibility index (Phi) is 2.80. The number of carboxylic acid groups (broad SMARTS) is 1. The molecule has 0 unspecified atom stereocenters. The van der Waals surface area contributed by atoms with Crippen molar-refractivity contribution in [2.75, 3.05) is 0 Å². The summed E-state index contributed by atoms with van der Waals surface area (Å²) in [6.07, 6.45) is 0. The van der Waals surface area contributed by atoms with E-state index < -0.39 is 11.8 Å². The third kappa shape index (κ3) is 2.00. The molecule has 7 heteroatoms. The van der Waals surface area contributed by atoms with Crippen molar-refractivity contribution in [1.82, 2.24) is 10.1 Å². The number of carboxylic acids is 1. The summed E-state index contributed by atoms with van der Waals surface area (Å²) in [6.45, 7) is 0. The molecule has 2 rings (SSSR count). The van der Waals surface area contributed by atoms with Crippen LogP contribution >= 0.6 is 23.2 Å². The van der Waals surface area contributed by atoms with Crippen LogP contribution in [0.25, 0.3) is 11.5 Å². The third-order valence-corrected chi connectivity index (χ3v) is 2.52. The molecule has 1 aromatic heterocycles. The van der Waals surface area contributed by atoms with Crippen LogP contribution in [0.4, 0.5) is 0 Å². The van der Waals surface area contributed by atoms with E-state index >= 15 is 0 Å². The van der Waals surface area contributed by atoms with Gasteiger partial charge in [-0.3, -0.25) is 0 Å². The molecular formula is C9H4Cl2N2O3. The first-order chi connectivity index (χ1) is 7.58. The number of nitrogens with zero attached hydrogens (tertiary/aromatic N) is 2. The number of hydrogen-bond donors (Lipinski definition) is 1. The van der Waals surface area contributed by atoms with Crippen LogP contribution in [0.15, 0.2) is 22.7 Å². The molecule has 0 fully saturated rings. The molecule has 0 saturated carbocycles. The Bertz CT molecular complexity index is 553. The van der Waals surface area contributed by atoms with E-state index in [9.17, 15) is 4.79 Å². The lowest BCUT2D eigenvalue weighted by molar-refractivity contribution is 0.0680. The van der Waals surface area contributed by atoms with Gasteiger partial charge in [-0.05, 0) is 23.4 Å². The fourth-order valence-corrected chi connectivity index (χ4v) is 1.35. The minimum atomic E-state index is -1.25. The van der Waals surface area contributed by atoms with Crippen LogP contribution in [-0.2, 0) is 0 Å². The minimum absolute atomic E-state index is 0.0796. The topological polar surface area (TPSA) is 76.2 Å². The highest BCUT2D eigenvalue weighted by Crippen LogP contribution is 2.27. The van der Waals surface area contributed by atoms with E-state index in [2.05, 4.69) is 10.1 Å². The molecule has 1 N–H and O–H groups in total. The molecule has 0 bridgehead atoms. The molecule has 0 aliphatic carbocycles. The zero-order chi connectivity index (χ0) is 11.7. The van der Waals surface area contributed by atoms with E-state index in [1.54, 1.807) is 12.1 Å². The van der Waals surface area contributed by atoms with Crippen molar-refractivity contribution in [3.8, 4) is 11.5 Å². The lowest BCUT2D eigenvalue weighted by Gasteiger charge is -1.96.